The number of aromatic amines is 1. The van der Waals surface area contributed by atoms with Gasteiger partial charge in [-0.15, -0.1) is 0 Å². The van der Waals surface area contributed by atoms with Crippen molar-refractivity contribution in [1.29, 1.82) is 0 Å². The number of nitrogens with zero attached hydrogens (tertiary/aromatic N) is 1. The number of aromatic nitrogens is 2. The molecule has 0 radical (unpaired) electrons. The minimum atomic E-state index is -3.07. The Morgan fingerprint density at radius 1 is 1.25 bits per heavy atom. The third-order valence-corrected chi connectivity index (χ3v) is 6.15. The van der Waals surface area contributed by atoms with E-state index in [1.165, 1.54) is 12.5 Å². The molecule has 7 heteroatoms. The zero-order valence-corrected chi connectivity index (χ0v) is 14.3. The number of benzene rings is 1. The standard InChI is InChI=1S/C17H21N3O3S/c1-24(22,23)14-9-5-8-13(10-14)19-17(21)15-11-18-20-16(15)12-6-3-2-4-7-12/h2-4,6-7,11,13-14H,5,8-10H2,1H3,(H,18,20)(H,19,21)/t13-,14+/m1/s1. The topological polar surface area (TPSA) is 91.9 Å². The van der Waals surface area contributed by atoms with E-state index in [9.17, 15) is 13.2 Å². The van der Waals surface area contributed by atoms with Crippen molar-refractivity contribution >= 4 is 15.7 Å². The first-order chi connectivity index (χ1) is 11.4. The van der Waals surface area contributed by atoms with Crippen LogP contribution in [0.5, 0.6) is 0 Å². The largest absolute Gasteiger partial charge is 0.349 e. The maximum absolute atomic E-state index is 12.6. The van der Waals surface area contributed by atoms with E-state index in [1.807, 2.05) is 30.3 Å². The van der Waals surface area contributed by atoms with Gasteiger partial charge in [0.05, 0.1) is 22.7 Å². The maximum Gasteiger partial charge on any atom is 0.255 e. The van der Waals surface area contributed by atoms with Crippen molar-refractivity contribution in [2.75, 3.05) is 6.26 Å². The lowest BCUT2D eigenvalue weighted by molar-refractivity contribution is 0.0928. The molecule has 1 amide bonds. The first kappa shape index (κ1) is 16.7. The summed E-state index contributed by atoms with van der Waals surface area (Å²) in [5.74, 6) is -0.221. The molecule has 128 valence electrons. The summed E-state index contributed by atoms with van der Waals surface area (Å²) in [6.07, 6.45) is 5.53. The van der Waals surface area contributed by atoms with E-state index in [2.05, 4.69) is 15.5 Å². The molecular formula is C17H21N3O3S. The maximum atomic E-state index is 12.6. The van der Waals surface area contributed by atoms with Gasteiger partial charge < -0.3 is 5.32 Å². The van der Waals surface area contributed by atoms with Gasteiger partial charge in [0, 0.05) is 17.9 Å². The van der Waals surface area contributed by atoms with E-state index in [-0.39, 0.29) is 17.2 Å². The minimum absolute atomic E-state index is 0.121. The highest BCUT2D eigenvalue weighted by Gasteiger charge is 2.30. The fourth-order valence-electron chi connectivity index (χ4n) is 3.21. The number of carbonyl (C=O) groups is 1. The van der Waals surface area contributed by atoms with Crippen molar-refractivity contribution < 1.29 is 13.2 Å². The number of sulfone groups is 1. The predicted octanol–water partition coefficient (Wildman–Crippen LogP) is 2.16. The van der Waals surface area contributed by atoms with Gasteiger partial charge in [-0.05, 0) is 19.3 Å². The van der Waals surface area contributed by atoms with E-state index < -0.39 is 9.84 Å². The zero-order chi connectivity index (χ0) is 17.2. The van der Waals surface area contributed by atoms with Crippen molar-refractivity contribution in [2.24, 2.45) is 0 Å². The summed E-state index contributed by atoms with van der Waals surface area (Å²) >= 11 is 0. The number of amides is 1. The summed E-state index contributed by atoms with van der Waals surface area (Å²) in [7, 11) is -3.07. The number of hydrogen-bond donors (Lipinski definition) is 2. The SMILES string of the molecule is CS(=O)(=O)[C@H]1CCC[C@@H](NC(=O)c2cn[nH]c2-c2ccccc2)C1. The smallest absolute Gasteiger partial charge is 0.255 e. The first-order valence-corrected chi connectivity index (χ1v) is 9.99. The Hall–Kier alpha value is -2.15. The summed E-state index contributed by atoms with van der Waals surface area (Å²) in [6.45, 7) is 0. The number of nitrogens with one attached hydrogen (secondary N) is 2. The van der Waals surface area contributed by atoms with Crippen LogP contribution in [0.4, 0.5) is 0 Å². The van der Waals surface area contributed by atoms with Crippen LogP contribution in [0, 0.1) is 0 Å². The van der Waals surface area contributed by atoms with Crippen LogP contribution in [0.15, 0.2) is 36.5 Å². The van der Waals surface area contributed by atoms with E-state index in [0.29, 0.717) is 24.1 Å². The Morgan fingerprint density at radius 3 is 2.71 bits per heavy atom. The number of H-pyrrole nitrogens is 1. The molecule has 1 aliphatic rings. The second-order valence-electron chi connectivity index (χ2n) is 6.31. The van der Waals surface area contributed by atoms with Gasteiger partial charge in [-0.2, -0.15) is 5.10 Å². The lowest BCUT2D eigenvalue weighted by atomic mass is 9.94. The third-order valence-electron chi connectivity index (χ3n) is 4.51. The molecule has 2 aromatic rings. The fourth-order valence-corrected chi connectivity index (χ4v) is 4.39. The minimum Gasteiger partial charge on any atom is -0.349 e. The molecule has 3 rings (SSSR count). The normalized spacial score (nSPS) is 21.4. The van der Waals surface area contributed by atoms with Crippen LogP contribution in [0.25, 0.3) is 11.3 Å². The van der Waals surface area contributed by atoms with Crippen LogP contribution in [0.1, 0.15) is 36.0 Å². The molecule has 0 unspecified atom stereocenters. The van der Waals surface area contributed by atoms with Crippen molar-refractivity contribution in [3.8, 4) is 11.3 Å². The van der Waals surface area contributed by atoms with E-state index >= 15 is 0 Å². The molecule has 6 nitrogen and oxygen atoms in total. The van der Waals surface area contributed by atoms with Crippen molar-refractivity contribution in [1.82, 2.24) is 15.5 Å². The highest BCUT2D eigenvalue weighted by molar-refractivity contribution is 7.91. The Bertz CT molecular complexity index is 815. The van der Waals surface area contributed by atoms with Gasteiger partial charge in [-0.25, -0.2) is 8.42 Å². The van der Waals surface area contributed by atoms with Crippen LogP contribution in [0.2, 0.25) is 0 Å². The summed E-state index contributed by atoms with van der Waals surface area (Å²) < 4.78 is 23.5. The summed E-state index contributed by atoms with van der Waals surface area (Å²) in [5, 5.41) is 9.46. The van der Waals surface area contributed by atoms with Crippen LogP contribution in [-0.2, 0) is 9.84 Å². The molecule has 0 aliphatic heterocycles. The quantitative estimate of drug-likeness (QED) is 0.886. The van der Waals surface area contributed by atoms with Crippen molar-refractivity contribution in [2.45, 2.75) is 37.0 Å². The summed E-state index contributed by atoms with van der Waals surface area (Å²) in [5.41, 5.74) is 2.03. The van der Waals surface area contributed by atoms with Crippen LogP contribution < -0.4 is 5.32 Å². The fraction of sp³-hybridized carbons (Fsp3) is 0.412. The molecule has 1 aliphatic carbocycles. The third kappa shape index (κ3) is 3.67. The molecule has 1 heterocycles. The molecule has 2 N–H and O–H groups in total. The first-order valence-electron chi connectivity index (χ1n) is 8.03. The Kier molecular flexibility index (Phi) is 4.71. The average Bonchev–Trinajstić information content (AvgIpc) is 3.05. The van der Waals surface area contributed by atoms with Gasteiger partial charge in [0.25, 0.3) is 5.91 Å². The molecule has 2 atom stereocenters. The molecule has 1 aromatic heterocycles. The Labute approximate surface area is 141 Å². The lowest BCUT2D eigenvalue weighted by Gasteiger charge is -2.28. The Balaban J connectivity index is 1.73. The second-order valence-corrected chi connectivity index (χ2v) is 8.64. The molecule has 1 fully saturated rings. The lowest BCUT2D eigenvalue weighted by Crippen LogP contribution is -2.41. The van der Waals surface area contributed by atoms with Crippen molar-refractivity contribution in [3.63, 3.8) is 0 Å². The molecule has 1 aromatic carbocycles. The zero-order valence-electron chi connectivity index (χ0n) is 13.5. The highest BCUT2D eigenvalue weighted by Crippen LogP contribution is 2.25. The van der Waals surface area contributed by atoms with Gasteiger partial charge in [-0.3, -0.25) is 9.89 Å². The van der Waals surface area contributed by atoms with Crippen LogP contribution in [-0.4, -0.2) is 42.1 Å². The van der Waals surface area contributed by atoms with Crippen molar-refractivity contribution in [3.05, 3.63) is 42.1 Å². The number of carbonyl (C=O) groups excluding carboxylic acids is 1. The molecule has 0 spiro atoms. The predicted molar refractivity (Wildman–Crippen MR) is 92.4 cm³/mol. The van der Waals surface area contributed by atoms with E-state index in [1.54, 1.807) is 0 Å². The van der Waals surface area contributed by atoms with E-state index in [4.69, 9.17) is 0 Å². The molecule has 1 saturated carbocycles. The molecular weight excluding hydrogens is 326 g/mol. The van der Waals surface area contributed by atoms with Crippen LogP contribution >= 0.6 is 0 Å². The Morgan fingerprint density at radius 2 is 2.00 bits per heavy atom. The summed E-state index contributed by atoms with van der Waals surface area (Å²) in [4.78, 5) is 12.6. The average molecular weight is 347 g/mol. The molecule has 0 saturated heterocycles. The molecule has 24 heavy (non-hydrogen) atoms. The van der Waals surface area contributed by atoms with Gasteiger partial charge in [0.15, 0.2) is 0 Å². The molecule has 0 bridgehead atoms. The number of hydrogen-bond acceptors (Lipinski definition) is 4. The van der Waals surface area contributed by atoms with Gasteiger partial charge in [0.2, 0.25) is 0 Å². The van der Waals surface area contributed by atoms with Crippen LogP contribution in [0.3, 0.4) is 0 Å². The van der Waals surface area contributed by atoms with Gasteiger partial charge in [-0.1, -0.05) is 36.8 Å². The van der Waals surface area contributed by atoms with Gasteiger partial charge in [0.1, 0.15) is 9.84 Å². The van der Waals surface area contributed by atoms with E-state index in [0.717, 1.165) is 18.4 Å². The van der Waals surface area contributed by atoms with Gasteiger partial charge >= 0.3 is 0 Å². The second kappa shape index (κ2) is 6.76. The monoisotopic (exact) mass is 347 g/mol. The summed E-state index contributed by atoms with van der Waals surface area (Å²) in [6, 6.07) is 9.40. The number of rotatable bonds is 4. The highest BCUT2D eigenvalue weighted by atomic mass is 32.2.